The summed E-state index contributed by atoms with van der Waals surface area (Å²) in [5.74, 6) is 2.81. The van der Waals surface area contributed by atoms with Gasteiger partial charge in [0.15, 0.2) is 0 Å². The molecule has 1 atom stereocenters. The van der Waals surface area contributed by atoms with Crippen molar-refractivity contribution >= 4 is 22.5 Å². The van der Waals surface area contributed by atoms with E-state index < -0.39 is 0 Å². The molecule has 0 radical (unpaired) electrons. The zero-order chi connectivity index (χ0) is 19.0. The number of nitrogens with one attached hydrogen (secondary N) is 1. The van der Waals surface area contributed by atoms with Gasteiger partial charge in [-0.1, -0.05) is 24.1 Å². The summed E-state index contributed by atoms with van der Waals surface area (Å²) < 4.78 is 1.89. The van der Waals surface area contributed by atoms with E-state index in [1.165, 1.54) is 22.1 Å². The first-order valence-electron chi connectivity index (χ1n) is 9.74. The predicted molar refractivity (Wildman–Crippen MR) is 110 cm³/mol. The summed E-state index contributed by atoms with van der Waals surface area (Å²) in [6.45, 7) is 7.04. The molecule has 2 aliphatic rings. The number of fused-ring (bicyclic) bond motifs is 2. The lowest BCUT2D eigenvalue weighted by Crippen LogP contribution is -2.42. The van der Waals surface area contributed by atoms with Crippen molar-refractivity contribution in [2.24, 2.45) is 0 Å². The average molecular weight is 362 g/mol. The summed E-state index contributed by atoms with van der Waals surface area (Å²) in [5, 5.41) is 1.25. The second kappa shape index (κ2) is 7.13. The molecule has 5 nitrogen and oxygen atoms in total. The summed E-state index contributed by atoms with van der Waals surface area (Å²) in [4.78, 5) is 16.7. The van der Waals surface area contributed by atoms with E-state index in [-0.39, 0.29) is 6.03 Å². The molecular weight excluding hydrogens is 336 g/mol. The van der Waals surface area contributed by atoms with Crippen molar-refractivity contribution in [2.75, 3.05) is 31.6 Å². The van der Waals surface area contributed by atoms with Gasteiger partial charge in [0.2, 0.25) is 0 Å². The number of terminal acetylenes is 1. The van der Waals surface area contributed by atoms with Gasteiger partial charge in [0, 0.05) is 37.3 Å². The molecule has 2 aromatic rings. The molecule has 1 aliphatic carbocycles. The quantitative estimate of drug-likeness (QED) is 0.848. The third-order valence-electron chi connectivity index (χ3n) is 5.77. The molecule has 0 unspecified atom stereocenters. The van der Waals surface area contributed by atoms with Crippen molar-refractivity contribution in [1.29, 1.82) is 0 Å². The number of hydrogen-bond donors (Lipinski definition) is 1. The maximum absolute atomic E-state index is 12.6. The largest absolute Gasteiger partial charge is 0.336 e. The summed E-state index contributed by atoms with van der Waals surface area (Å²) >= 11 is 0. The molecule has 1 aromatic heterocycles. The number of aromatic nitrogens is 1. The van der Waals surface area contributed by atoms with Crippen molar-refractivity contribution in [3.05, 3.63) is 41.6 Å². The Morgan fingerprint density at radius 1 is 1.37 bits per heavy atom. The summed E-state index contributed by atoms with van der Waals surface area (Å²) in [5.41, 5.74) is 8.03. The van der Waals surface area contributed by atoms with Crippen molar-refractivity contribution in [2.45, 2.75) is 32.7 Å². The van der Waals surface area contributed by atoms with Crippen molar-refractivity contribution in [1.82, 2.24) is 14.5 Å². The first-order chi connectivity index (χ1) is 13.2. The van der Waals surface area contributed by atoms with Crippen LogP contribution in [-0.4, -0.2) is 52.7 Å². The number of carbonyl (C=O) groups is 1. The Hall–Kier alpha value is -2.71. The van der Waals surface area contributed by atoms with Gasteiger partial charge < -0.3 is 4.90 Å². The standard InChI is InChI=1S/C22H26N4O/c1-4-12-25-13-8-10-17-18-9-7-11-19-21(18)16(14-20(17)25)15-26(19)23-22(27)24(5-2)6-3/h1,7,9-11,15,20H,5-6,8,12-14H2,2-3H3,(H,23,27)/t20-/m1/s1. The molecule has 0 spiro atoms. The summed E-state index contributed by atoms with van der Waals surface area (Å²) in [6, 6.07) is 6.60. The second-order valence-corrected chi connectivity index (χ2v) is 7.16. The predicted octanol–water partition coefficient (Wildman–Crippen LogP) is 3.29. The number of carbonyl (C=O) groups excluding carboxylic acids is 1. The highest BCUT2D eigenvalue weighted by Gasteiger charge is 2.33. The lowest BCUT2D eigenvalue weighted by atomic mass is 9.82. The number of hydrogen-bond acceptors (Lipinski definition) is 2. The van der Waals surface area contributed by atoms with Gasteiger partial charge in [-0.2, -0.15) is 0 Å². The molecular formula is C22H26N4O. The Balaban J connectivity index is 1.75. The highest BCUT2D eigenvalue weighted by atomic mass is 16.2. The molecule has 2 amide bonds. The van der Waals surface area contributed by atoms with Crippen LogP contribution in [0.15, 0.2) is 30.5 Å². The van der Waals surface area contributed by atoms with Gasteiger partial charge >= 0.3 is 6.03 Å². The number of urea groups is 1. The van der Waals surface area contributed by atoms with Crippen LogP contribution in [0.1, 0.15) is 31.4 Å². The third kappa shape index (κ3) is 2.90. The van der Waals surface area contributed by atoms with Crippen molar-refractivity contribution in [3.8, 4) is 12.3 Å². The molecule has 27 heavy (non-hydrogen) atoms. The minimum atomic E-state index is -0.0707. The van der Waals surface area contributed by atoms with Crippen LogP contribution < -0.4 is 5.43 Å². The fraction of sp³-hybridized carbons (Fsp3) is 0.409. The number of benzene rings is 1. The zero-order valence-corrected chi connectivity index (χ0v) is 16.0. The average Bonchev–Trinajstić information content (AvgIpc) is 3.02. The van der Waals surface area contributed by atoms with Gasteiger partial charge in [-0.25, -0.2) is 10.2 Å². The SMILES string of the molecule is C#CCN1CCC=C2c3cccc4c3c(cn4NC(=O)N(CC)CC)C[C@H]21. The maximum Gasteiger partial charge on any atom is 0.336 e. The Labute approximate surface area is 160 Å². The molecule has 0 fully saturated rings. The third-order valence-corrected chi connectivity index (χ3v) is 5.77. The van der Waals surface area contributed by atoms with Crippen molar-refractivity contribution < 1.29 is 4.79 Å². The molecule has 5 heteroatoms. The topological polar surface area (TPSA) is 40.5 Å². The minimum Gasteiger partial charge on any atom is -0.324 e. The van der Waals surface area contributed by atoms with Gasteiger partial charge in [-0.3, -0.25) is 9.58 Å². The van der Waals surface area contributed by atoms with E-state index in [9.17, 15) is 4.79 Å². The molecule has 0 saturated heterocycles. The van der Waals surface area contributed by atoms with Crippen LogP contribution in [0.5, 0.6) is 0 Å². The Bertz CT molecular complexity index is 945. The lowest BCUT2D eigenvalue weighted by molar-refractivity contribution is 0.214. The molecule has 0 saturated carbocycles. The Morgan fingerprint density at radius 3 is 2.93 bits per heavy atom. The van der Waals surface area contributed by atoms with E-state index >= 15 is 0 Å². The number of amides is 2. The monoisotopic (exact) mass is 362 g/mol. The van der Waals surface area contributed by atoms with E-state index in [0.717, 1.165) is 24.9 Å². The van der Waals surface area contributed by atoms with E-state index in [2.05, 4.69) is 46.7 Å². The fourth-order valence-corrected chi connectivity index (χ4v) is 4.46. The van der Waals surface area contributed by atoms with E-state index in [4.69, 9.17) is 6.42 Å². The van der Waals surface area contributed by atoms with Gasteiger partial charge in [0.05, 0.1) is 12.1 Å². The van der Waals surface area contributed by atoms with Gasteiger partial charge in [0.25, 0.3) is 0 Å². The first kappa shape index (κ1) is 17.7. The summed E-state index contributed by atoms with van der Waals surface area (Å²) in [7, 11) is 0. The van der Waals surface area contributed by atoms with E-state index in [0.29, 0.717) is 25.7 Å². The van der Waals surface area contributed by atoms with Crippen LogP contribution in [-0.2, 0) is 6.42 Å². The van der Waals surface area contributed by atoms with Gasteiger partial charge in [-0.15, -0.1) is 6.42 Å². The summed E-state index contributed by atoms with van der Waals surface area (Å²) in [6.07, 6.45) is 12.0. The minimum absolute atomic E-state index is 0.0707. The molecule has 1 aliphatic heterocycles. The Kier molecular flexibility index (Phi) is 4.67. The highest BCUT2D eigenvalue weighted by molar-refractivity contribution is 5.99. The van der Waals surface area contributed by atoms with Crippen LogP contribution in [0.2, 0.25) is 0 Å². The van der Waals surface area contributed by atoms with Crippen LogP contribution in [0.25, 0.3) is 16.5 Å². The normalized spacial score (nSPS) is 18.6. The van der Waals surface area contributed by atoms with Crippen LogP contribution >= 0.6 is 0 Å². The van der Waals surface area contributed by atoms with Gasteiger partial charge in [0.1, 0.15) is 0 Å². The van der Waals surface area contributed by atoms with E-state index in [1.54, 1.807) is 4.90 Å². The Morgan fingerprint density at radius 2 is 2.19 bits per heavy atom. The fourth-order valence-electron chi connectivity index (χ4n) is 4.46. The number of nitrogens with zero attached hydrogens (tertiary/aromatic N) is 3. The van der Waals surface area contributed by atoms with Crippen LogP contribution in [0.3, 0.4) is 0 Å². The molecule has 1 N–H and O–H groups in total. The molecule has 4 rings (SSSR count). The first-order valence-corrected chi connectivity index (χ1v) is 9.74. The smallest absolute Gasteiger partial charge is 0.324 e. The molecule has 2 heterocycles. The molecule has 1 aromatic carbocycles. The van der Waals surface area contributed by atoms with Crippen LogP contribution in [0, 0.1) is 12.3 Å². The van der Waals surface area contributed by atoms with Crippen molar-refractivity contribution in [3.63, 3.8) is 0 Å². The lowest BCUT2D eigenvalue weighted by Gasteiger charge is -2.38. The second-order valence-electron chi connectivity index (χ2n) is 7.16. The zero-order valence-electron chi connectivity index (χ0n) is 16.0. The molecule has 140 valence electrons. The highest BCUT2D eigenvalue weighted by Crippen LogP contribution is 2.40. The number of rotatable bonds is 4. The maximum atomic E-state index is 12.6. The molecule has 0 bridgehead atoms. The van der Waals surface area contributed by atoms with Crippen LogP contribution in [0.4, 0.5) is 4.79 Å². The van der Waals surface area contributed by atoms with E-state index in [1.807, 2.05) is 18.5 Å². The van der Waals surface area contributed by atoms with Gasteiger partial charge in [-0.05, 0) is 49.5 Å².